The number of anilines is 3. The molecule has 0 aliphatic heterocycles. The molecule has 0 unspecified atom stereocenters. The summed E-state index contributed by atoms with van der Waals surface area (Å²) in [6.07, 6.45) is 3.37. The number of hydrogen-bond acceptors (Lipinski definition) is 6. The number of carbonyl (C=O) groups excluding carboxylic acids is 1. The van der Waals surface area contributed by atoms with Crippen LogP contribution in [-0.2, 0) is 11.0 Å². The highest BCUT2D eigenvalue weighted by molar-refractivity contribution is 7.19. The van der Waals surface area contributed by atoms with E-state index in [4.69, 9.17) is 0 Å². The molecule has 1 amide bonds. The lowest BCUT2D eigenvalue weighted by molar-refractivity contribution is -0.141. The lowest BCUT2D eigenvalue weighted by atomic mass is 9.89. The van der Waals surface area contributed by atoms with Gasteiger partial charge in [-0.1, -0.05) is 36.7 Å². The fourth-order valence-electron chi connectivity index (χ4n) is 3.74. The molecule has 6 nitrogen and oxygen atoms in total. The molecule has 2 N–H and O–H groups in total. The van der Waals surface area contributed by atoms with E-state index in [2.05, 4.69) is 25.6 Å². The SMILES string of the molecule is Cc1cc(Nc2nccc(C(F)(F)F)n2)cc(-c2cnc(NC(=O)C3CCCCC3)s2)c1. The number of nitrogens with one attached hydrogen (secondary N) is 2. The van der Waals surface area contributed by atoms with Crippen molar-refractivity contribution in [2.45, 2.75) is 45.2 Å². The molecule has 1 saturated carbocycles. The Bertz CT molecular complexity index is 1110. The van der Waals surface area contributed by atoms with Gasteiger partial charge in [-0.3, -0.25) is 4.79 Å². The summed E-state index contributed by atoms with van der Waals surface area (Å²) >= 11 is 1.36. The predicted octanol–water partition coefficient (Wildman–Crippen LogP) is 6.19. The van der Waals surface area contributed by atoms with Crippen molar-refractivity contribution >= 4 is 34.0 Å². The quantitative estimate of drug-likeness (QED) is 0.474. The van der Waals surface area contributed by atoms with E-state index in [1.54, 1.807) is 18.3 Å². The molecule has 10 heteroatoms. The summed E-state index contributed by atoms with van der Waals surface area (Å²) in [5.74, 6) is -0.0849. The second-order valence-corrected chi connectivity index (χ2v) is 8.86. The maximum Gasteiger partial charge on any atom is 0.433 e. The van der Waals surface area contributed by atoms with Gasteiger partial charge >= 0.3 is 6.18 Å². The molecule has 0 radical (unpaired) electrons. The number of halogens is 3. The number of benzene rings is 1. The minimum Gasteiger partial charge on any atom is -0.324 e. The second kappa shape index (κ2) is 9.23. The Morgan fingerprint density at radius 1 is 1.12 bits per heavy atom. The summed E-state index contributed by atoms with van der Waals surface area (Å²) in [5, 5.41) is 6.29. The smallest absolute Gasteiger partial charge is 0.324 e. The maximum atomic E-state index is 12.9. The number of amides is 1. The largest absolute Gasteiger partial charge is 0.433 e. The van der Waals surface area contributed by atoms with E-state index in [1.165, 1.54) is 17.8 Å². The summed E-state index contributed by atoms with van der Waals surface area (Å²) in [4.78, 5) is 25.1. The molecule has 0 spiro atoms. The van der Waals surface area contributed by atoms with Crippen molar-refractivity contribution in [3.05, 3.63) is 47.9 Å². The third-order valence-electron chi connectivity index (χ3n) is 5.28. The second-order valence-electron chi connectivity index (χ2n) is 7.83. The zero-order valence-electron chi connectivity index (χ0n) is 17.4. The number of aromatic nitrogens is 3. The standard InChI is InChI=1S/C22H22F3N5OS/c1-13-9-15(11-16(10-13)28-20-26-8-7-18(29-20)22(23,24)25)17-12-27-21(32-17)30-19(31)14-5-3-2-4-6-14/h7-12,14H,2-6H2,1H3,(H,26,28,29)(H,27,30,31). The number of rotatable bonds is 5. The normalized spacial score (nSPS) is 14.9. The summed E-state index contributed by atoms with van der Waals surface area (Å²) in [6.45, 7) is 1.88. The minimum absolute atomic E-state index is 0.0129. The number of hydrogen-bond donors (Lipinski definition) is 2. The first-order chi connectivity index (χ1) is 15.3. The molecule has 4 rings (SSSR count). The average molecular weight is 462 g/mol. The van der Waals surface area contributed by atoms with E-state index in [0.717, 1.165) is 54.0 Å². The average Bonchev–Trinajstić information content (AvgIpc) is 3.22. The van der Waals surface area contributed by atoms with Gasteiger partial charge in [0.15, 0.2) is 5.13 Å². The van der Waals surface area contributed by atoms with Gasteiger partial charge in [0.25, 0.3) is 0 Å². The van der Waals surface area contributed by atoms with Crippen molar-refractivity contribution in [2.75, 3.05) is 10.6 Å². The van der Waals surface area contributed by atoms with Gasteiger partial charge < -0.3 is 10.6 Å². The lowest BCUT2D eigenvalue weighted by Gasteiger charge is -2.19. The Labute approximate surface area is 187 Å². The van der Waals surface area contributed by atoms with Crippen LogP contribution in [0.15, 0.2) is 36.7 Å². The summed E-state index contributed by atoms with van der Waals surface area (Å²) in [5.41, 5.74) is 1.28. The third-order valence-corrected chi connectivity index (χ3v) is 6.24. The van der Waals surface area contributed by atoms with Gasteiger partial charge in [0, 0.05) is 24.0 Å². The molecule has 1 aliphatic rings. The number of thiazole rings is 1. The number of carbonyl (C=O) groups is 1. The fourth-order valence-corrected chi connectivity index (χ4v) is 4.55. The molecule has 1 fully saturated rings. The Hall–Kier alpha value is -3.01. The molecule has 2 aromatic heterocycles. The third kappa shape index (κ3) is 5.42. The van der Waals surface area contributed by atoms with Crippen LogP contribution in [0, 0.1) is 12.8 Å². The topological polar surface area (TPSA) is 79.8 Å². The van der Waals surface area contributed by atoms with Crippen LogP contribution in [-0.4, -0.2) is 20.9 Å². The highest BCUT2D eigenvalue weighted by atomic mass is 32.1. The first-order valence-corrected chi connectivity index (χ1v) is 11.2. The zero-order valence-corrected chi connectivity index (χ0v) is 18.2. The molecule has 1 aliphatic carbocycles. The van der Waals surface area contributed by atoms with E-state index < -0.39 is 11.9 Å². The summed E-state index contributed by atoms with van der Waals surface area (Å²) < 4.78 is 38.7. The van der Waals surface area contributed by atoms with Crippen molar-refractivity contribution in [1.82, 2.24) is 15.0 Å². The first-order valence-electron chi connectivity index (χ1n) is 10.3. The van der Waals surface area contributed by atoms with Gasteiger partial charge in [0.1, 0.15) is 5.69 Å². The first kappa shape index (κ1) is 22.2. The zero-order chi connectivity index (χ0) is 22.7. The maximum absolute atomic E-state index is 12.9. The molecule has 1 aromatic carbocycles. The molecule has 0 bridgehead atoms. The molecule has 3 aromatic rings. The fraction of sp³-hybridized carbons (Fsp3) is 0.364. The van der Waals surface area contributed by atoms with E-state index in [9.17, 15) is 18.0 Å². The van der Waals surface area contributed by atoms with Crippen LogP contribution in [0.1, 0.15) is 43.4 Å². The van der Waals surface area contributed by atoms with E-state index in [1.807, 2.05) is 13.0 Å². The monoisotopic (exact) mass is 461 g/mol. The molecule has 0 atom stereocenters. The van der Waals surface area contributed by atoms with Crippen LogP contribution in [0.2, 0.25) is 0 Å². The molecule has 2 heterocycles. The van der Waals surface area contributed by atoms with Gasteiger partial charge in [-0.25, -0.2) is 15.0 Å². The van der Waals surface area contributed by atoms with Crippen LogP contribution >= 0.6 is 11.3 Å². The number of alkyl halides is 3. The van der Waals surface area contributed by atoms with Crippen molar-refractivity contribution < 1.29 is 18.0 Å². The van der Waals surface area contributed by atoms with Crippen molar-refractivity contribution in [3.8, 4) is 10.4 Å². The highest BCUT2D eigenvalue weighted by Gasteiger charge is 2.32. The number of nitrogens with zero attached hydrogens (tertiary/aromatic N) is 3. The summed E-state index contributed by atoms with van der Waals surface area (Å²) in [6, 6.07) is 6.35. The van der Waals surface area contributed by atoms with Gasteiger partial charge in [-0.2, -0.15) is 13.2 Å². The Morgan fingerprint density at radius 2 is 1.91 bits per heavy atom. The molecular formula is C22H22F3N5OS. The van der Waals surface area contributed by atoms with Gasteiger partial charge in [-0.15, -0.1) is 0 Å². The Morgan fingerprint density at radius 3 is 2.66 bits per heavy atom. The Kier molecular flexibility index (Phi) is 6.40. The lowest BCUT2D eigenvalue weighted by Crippen LogP contribution is -2.24. The van der Waals surface area contributed by atoms with Crippen LogP contribution in [0.4, 0.5) is 29.9 Å². The van der Waals surface area contributed by atoms with Crippen LogP contribution < -0.4 is 10.6 Å². The molecule has 32 heavy (non-hydrogen) atoms. The van der Waals surface area contributed by atoms with Crippen molar-refractivity contribution in [1.29, 1.82) is 0 Å². The molecule has 0 saturated heterocycles. The van der Waals surface area contributed by atoms with E-state index in [-0.39, 0.29) is 17.8 Å². The molecule has 168 valence electrons. The Balaban J connectivity index is 1.50. The van der Waals surface area contributed by atoms with Crippen LogP contribution in [0.5, 0.6) is 0 Å². The van der Waals surface area contributed by atoms with Crippen molar-refractivity contribution in [3.63, 3.8) is 0 Å². The summed E-state index contributed by atoms with van der Waals surface area (Å²) in [7, 11) is 0. The molecular weight excluding hydrogens is 439 g/mol. The van der Waals surface area contributed by atoms with Crippen molar-refractivity contribution in [2.24, 2.45) is 5.92 Å². The van der Waals surface area contributed by atoms with Gasteiger partial charge in [-0.05, 0) is 49.1 Å². The van der Waals surface area contributed by atoms with Gasteiger partial charge in [0.05, 0.1) is 4.88 Å². The van der Waals surface area contributed by atoms with Crippen LogP contribution in [0.25, 0.3) is 10.4 Å². The van der Waals surface area contributed by atoms with Gasteiger partial charge in [0.2, 0.25) is 11.9 Å². The predicted molar refractivity (Wildman–Crippen MR) is 118 cm³/mol. The van der Waals surface area contributed by atoms with E-state index >= 15 is 0 Å². The van der Waals surface area contributed by atoms with E-state index in [0.29, 0.717) is 10.8 Å². The highest BCUT2D eigenvalue weighted by Crippen LogP contribution is 2.33. The number of aryl methyl sites for hydroxylation is 1. The van der Waals surface area contributed by atoms with Crippen LogP contribution in [0.3, 0.4) is 0 Å². The minimum atomic E-state index is -4.54.